The highest BCUT2D eigenvalue weighted by atomic mass is 16.3. The lowest BCUT2D eigenvalue weighted by atomic mass is 9.81. The predicted molar refractivity (Wildman–Crippen MR) is 255 cm³/mol. The van der Waals surface area contributed by atoms with E-state index in [0.29, 0.717) is 17.5 Å². The molecule has 0 saturated heterocycles. The van der Waals surface area contributed by atoms with E-state index in [2.05, 4.69) is 188 Å². The van der Waals surface area contributed by atoms with Crippen LogP contribution >= 0.6 is 0 Å². The Morgan fingerprint density at radius 2 is 0.984 bits per heavy atom. The molecule has 12 aromatic rings. The van der Waals surface area contributed by atoms with Crippen molar-refractivity contribution in [2.75, 3.05) is 0 Å². The first kappa shape index (κ1) is 34.9. The number of hydrogen-bond donors (Lipinski definition) is 0. The van der Waals surface area contributed by atoms with E-state index in [1.807, 2.05) is 6.07 Å². The minimum Gasteiger partial charge on any atom is -0.456 e. The van der Waals surface area contributed by atoms with Gasteiger partial charge in [0.25, 0.3) is 0 Å². The van der Waals surface area contributed by atoms with E-state index in [1.54, 1.807) is 0 Å². The molecule has 10 aromatic carbocycles. The van der Waals surface area contributed by atoms with Gasteiger partial charge in [0.05, 0.1) is 0 Å². The van der Waals surface area contributed by atoms with Gasteiger partial charge in [-0.25, -0.2) is 15.0 Å². The summed E-state index contributed by atoms with van der Waals surface area (Å²) in [5.41, 5.74) is 11.0. The first-order valence-corrected chi connectivity index (χ1v) is 21.4. The Kier molecular flexibility index (Phi) is 7.76. The van der Waals surface area contributed by atoms with E-state index >= 15 is 0 Å². The summed E-state index contributed by atoms with van der Waals surface area (Å²) >= 11 is 0. The van der Waals surface area contributed by atoms with Gasteiger partial charge in [0.1, 0.15) is 11.2 Å². The van der Waals surface area contributed by atoms with Crippen LogP contribution in [0.2, 0.25) is 0 Å². The SMILES string of the molecule is c1ccc2c(c1)-c1cc3ccccc3cc1CCC2c1c(-c2nc(-c3ccc4ccccc4c3)nc(-c3ccc4c(ccc5ccccc54)c3)n2)ccc2oc3ccccc3c12. The molecule has 0 amide bonds. The maximum absolute atomic E-state index is 6.65. The Labute approximate surface area is 357 Å². The number of para-hydroxylation sites is 1. The van der Waals surface area contributed by atoms with Crippen LogP contribution < -0.4 is 0 Å². The molecule has 0 fully saturated rings. The molecule has 0 aliphatic heterocycles. The fourth-order valence-electron chi connectivity index (χ4n) is 10.2. The Hall–Kier alpha value is -7.95. The molecule has 0 bridgehead atoms. The number of nitrogens with zero attached hydrogens (tertiary/aromatic N) is 3. The summed E-state index contributed by atoms with van der Waals surface area (Å²) in [6.45, 7) is 0. The number of furan rings is 1. The monoisotopic (exact) mass is 791 g/mol. The van der Waals surface area contributed by atoms with Gasteiger partial charge < -0.3 is 4.42 Å². The van der Waals surface area contributed by atoms with E-state index in [4.69, 9.17) is 19.4 Å². The third kappa shape index (κ3) is 5.57. The summed E-state index contributed by atoms with van der Waals surface area (Å²) in [6.07, 6.45) is 1.82. The van der Waals surface area contributed by atoms with Crippen LogP contribution in [0.4, 0.5) is 0 Å². The van der Waals surface area contributed by atoms with Crippen molar-refractivity contribution in [3.05, 3.63) is 211 Å². The highest BCUT2D eigenvalue weighted by Crippen LogP contribution is 2.49. The van der Waals surface area contributed by atoms with Crippen molar-refractivity contribution in [3.63, 3.8) is 0 Å². The van der Waals surface area contributed by atoms with Gasteiger partial charge in [0, 0.05) is 33.4 Å². The van der Waals surface area contributed by atoms with Crippen LogP contribution in [0.15, 0.2) is 199 Å². The van der Waals surface area contributed by atoms with Gasteiger partial charge in [0.2, 0.25) is 0 Å². The van der Waals surface area contributed by atoms with Gasteiger partial charge >= 0.3 is 0 Å². The van der Waals surface area contributed by atoms with Gasteiger partial charge in [-0.3, -0.25) is 0 Å². The van der Waals surface area contributed by atoms with Crippen molar-refractivity contribution < 1.29 is 4.42 Å². The molecule has 1 aliphatic rings. The first-order valence-electron chi connectivity index (χ1n) is 21.4. The van der Waals surface area contributed by atoms with E-state index in [9.17, 15) is 0 Å². The Morgan fingerprint density at radius 1 is 0.387 bits per heavy atom. The molecular weight excluding hydrogens is 755 g/mol. The summed E-state index contributed by atoms with van der Waals surface area (Å²) in [4.78, 5) is 16.2. The van der Waals surface area contributed by atoms with Gasteiger partial charge in [-0.15, -0.1) is 0 Å². The molecule has 4 heteroatoms. The standard InChI is InChI=1S/C58H37N3O/c1-2-13-37-32-42(24-21-35(37)11-1)56-59-57(43-26-27-45-40(33-43)23-22-36-12-5-6-16-44(36)45)61-58(60-56)50-29-30-53-55(49-19-9-10-20-52(49)62-53)54(50)48-28-25-41-31-38-14-3-4-15-39(38)34-51(41)47-18-8-7-17-46(47)48/h1-24,26-27,29-34,48H,25,28H2. The molecule has 1 atom stereocenters. The summed E-state index contributed by atoms with van der Waals surface area (Å²) in [5, 5.41) is 11.8. The Bertz CT molecular complexity index is 3790. The number of aromatic nitrogens is 3. The second kappa shape index (κ2) is 13.8. The normalized spacial score (nSPS) is 13.8. The van der Waals surface area contributed by atoms with Crippen molar-refractivity contribution in [2.45, 2.75) is 18.8 Å². The Morgan fingerprint density at radius 3 is 1.82 bits per heavy atom. The molecule has 1 aliphatic carbocycles. The molecule has 0 saturated carbocycles. The molecule has 62 heavy (non-hydrogen) atoms. The quantitative estimate of drug-likeness (QED) is 0.167. The fraction of sp³-hybridized carbons (Fsp3) is 0.0517. The molecule has 0 N–H and O–H groups in total. The number of aryl methyl sites for hydroxylation is 1. The zero-order chi connectivity index (χ0) is 40.7. The van der Waals surface area contributed by atoms with Crippen LogP contribution in [0.1, 0.15) is 29.0 Å². The lowest BCUT2D eigenvalue weighted by Gasteiger charge is -2.23. The lowest BCUT2D eigenvalue weighted by molar-refractivity contribution is 0.667. The predicted octanol–water partition coefficient (Wildman–Crippen LogP) is 15.1. The Balaban J connectivity index is 1.08. The molecule has 4 nitrogen and oxygen atoms in total. The van der Waals surface area contributed by atoms with Crippen LogP contribution in [-0.2, 0) is 6.42 Å². The molecule has 1 unspecified atom stereocenters. The maximum Gasteiger partial charge on any atom is 0.164 e. The van der Waals surface area contributed by atoms with Gasteiger partial charge in [0.15, 0.2) is 17.5 Å². The second-order valence-corrected chi connectivity index (χ2v) is 16.6. The average Bonchev–Trinajstić information content (AvgIpc) is 3.64. The van der Waals surface area contributed by atoms with Crippen molar-refractivity contribution in [2.24, 2.45) is 0 Å². The summed E-state index contributed by atoms with van der Waals surface area (Å²) < 4.78 is 6.65. The third-order valence-electron chi connectivity index (χ3n) is 13.1. The van der Waals surface area contributed by atoms with E-state index in [1.165, 1.54) is 60.1 Å². The van der Waals surface area contributed by atoms with Crippen LogP contribution in [0.25, 0.3) is 110 Å². The van der Waals surface area contributed by atoms with Crippen LogP contribution in [0.3, 0.4) is 0 Å². The number of hydrogen-bond acceptors (Lipinski definition) is 4. The summed E-state index contributed by atoms with van der Waals surface area (Å²) in [5.74, 6) is 1.93. The van der Waals surface area contributed by atoms with E-state index in [-0.39, 0.29) is 5.92 Å². The van der Waals surface area contributed by atoms with Crippen LogP contribution in [0, 0.1) is 0 Å². The second-order valence-electron chi connectivity index (χ2n) is 16.6. The molecular formula is C58H37N3O. The number of rotatable bonds is 4. The van der Waals surface area contributed by atoms with E-state index in [0.717, 1.165) is 62.2 Å². The zero-order valence-electron chi connectivity index (χ0n) is 33.7. The number of benzene rings is 10. The molecule has 290 valence electrons. The van der Waals surface area contributed by atoms with Crippen molar-refractivity contribution in [3.8, 4) is 45.3 Å². The van der Waals surface area contributed by atoms with Crippen molar-refractivity contribution >= 4 is 65.0 Å². The van der Waals surface area contributed by atoms with Crippen LogP contribution in [-0.4, -0.2) is 15.0 Å². The van der Waals surface area contributed by atoms with Crippen molar-refractivity contribution in [1.29, 1.82) is 0 Å². The average molecular weight is 792 g/mol. The molecule has 13 rings (SSSR count). The van der Waals surface area contributed by atoms with Gasteiger partial charge in [-0.05, 0) is 120 Å². The van der Waals surface area contributed by atoms with Crippen LogP contribution in [0.5, 0.6) is 0 Å². The summed E-state index contributed by atoms with van der Waals surface area (Å²) in [6, 6.07) is 69.7. The molecule has 0 spiro atoms. The molecule has 0 radical (unpaired) electrons. The minimum atomic E-state index is 0.0136. The number of fused-ring (bicyclic) bond motifs is 11. The largest absolute Gasteiger partial charge is 0.456 e. The highest BCUT2D eigenvalue weighted by Gasteiger charge is 2.30. The summed E-state index contributed by atoms with van der Waals surface area (Å²) in [7, 11) is 0. The zero-order valence-corrected chi connectivity index (χ0v) is 33.7. The molecule has 2 aromatic heterocycles. The van der Waals surface area contributed by atoms with E-state index < -0.39 is 0 Å². The fourth-order valence-corrected chi connectivity index (χ4v) is 10.2. The lowest BCUT2D eigenvalue weighted by Crippen LogP contribution is -2.08. The molecule has 2 heterocycles. The third-order valence-corrected chi connectivity index (χ3v) is 13.1. The highest BCUT2D eigenvalue weighted by molar-refractivity contribution is 6.10. The topological polar surface area (TPSA) is 51.8 Å². The maximum atomic E-state index is 6.65. The van der Waals surface area contributed by atoms with Gasteiger partial charge in [-0.1, -0.05) is 158 Å². The smallest absolute Gasteiger partial charge is 0.164 e. The van der Waals surface area contributed by atoms with Crippen molar-refractivity contribution in [1.82, 2.24) is 15.0 Å². The first-order chi connectivity index (χ1) is 30.7. The van der Waals surface area contributed by atoms with Gasteiger partial charge in [-0.2, -0.15) is 0 Å². The minimum absolute atomic E-state index is 0.0136.